The first kappa shape index (κ1) is 11.5. The summed E-state index contributed by atoms with van der Waals surface area (Å²) in [5.41, 5.74) is 0.920. The van der Waals surface area contributed by atoms with Crippen LogP contribution in [0.4, 0.5) is 5.69 Å². The van der Waals surface area contributed by atoms with E-state index < -0.39 is 12.0 Å². The molecule has 1 atom stereocenters. The summed E-state index contributed by atoms with van der Waals surface area (Å²) in [4.78, 5) is 13.1. The van der Waals surface area contributed by atoms with Crippen molar-refractivity contribution >= 4 is 11.7 Å². The van der Waals surface area contributed by atoms with Crippen LogP contribution in [0.25, 0.3) is 0 Å². The van der Waals surface area contributed by atoms with E-state index in [1.807, 2.05) is 59.5 Å². The Labute approximate surface area is 101 Å². The summed E-state index contributed by atoms with van der Waals surface area (Å²) >= 11 is 0. The maximum absolute atomic E-state index is 11.2. The number of allylic oxidation sites excluding steroid dienone is 2. The highest BCUT2D eigenvalue weighted by Crippen LogP contribution is 2.23. The van der Waals surface area contributed by atoms with Gasteiger partial charge in [-0.15, -0.1) is 0 Å². The average molecular weight is 229 g/mol. The molecule has 1 aromatic carbocycles. The molecule has 88 valence electrons. The van der Waals surface area contributed by atoms with Crippen LogP contribution in [0.5, 0.6) is 0 Å². The fourth-order valence-electron chi connectivity index (χ4n) is 1.98. The summed E-state index contributed by atoms with van der Waals surface area (Å²) in [6, 6.07) is 9.07. The number of anilines is 1. The number of nitrogens with zero attached hydrogens (tertiary/aromatic N) is 1. The predicted octanol–water partition coefficient (Wildman–Crippen LogP) is 2.46. The summed E-state index contributed by atoms with van der Waals surface area (Å²) in [6.45, 7) is 1.70. The molecule has 17 heavy (non-hydrogen) atoms. The highest BCUT2D eigenvalue weighted by Gasteiger charge is 2.26. The van der Waals surface area contributed by atoms with Gasteiger partial charge in [0.15, 0.2) is 0 Å². The molecule has 0 bridgehead atoms. The third-order valence-corrected chi connectivity index (χ3v) is 2.88. The van der Waals surface area contributed by atoms with E-state index in [0.717, 1.165) is 5.69 Å². The summed E-state index contributed by atoms with van der Waals surface area (Å²) in [5.74, 6) is -0.817. The number of carboxylic acids is 1. The number of hydrogen-bond acceptors (Lipinski definition) is 2. The number of benzene rings is 1. The molecule has 2 rings (SSSR count). The van der Waals surface area contributed by atoms with Crippen molar-refractivity contribution in [2.24, 2.45) is 0 Å². The van der Waals surface area contributed by atoms with Crippen LogP contribution in [0.15, 0.2) is 54.6 Å². The minimum absolute atomic E-state index is 0.0171. The van der Waals surface area contributed by atoms with Crippen LogP contribution in [0.2, 0.25) is 0 Å². The van der Waals surface area contributed by atoms with Crippen molar-refractivity contribution in [3.8, 4) is 0 Å². The van der Waals surface area contributed by atoms with E-state index in [0.29, 0.717) is 0 Å². The van der Waals surface area contributed by atoms with E-state index in [4.69, 9.17) is 0 Å². The third-order valence-electron chi connectivity index (χ3n) is 2.88. The third kappa shape index (κ3) is 2.38. The molecule has 0 saturated carbocycles. The van der Waals surface area contributed by atoms with Gasteiger partial charge in [-0.25, -0.2) is 4.79 Å². The van der Waals surface area contributed by atoms with E-state index in [1.54, 1.807) is 6.92 Å². The molecule has 1 aromatic rings. The Hall–Kier alpha value is -2.03. The van der Waals surface area contributed by atoms with Crippen molar-refractivity contribution in [2.75, 3.05) is 4.90 Å². The summed E-state index contributed by atoms with van der Waals surface area (Å²) < 4.78 is 0. The number of carbonyl (C=O) groups is 1. The molecule has 0 aromatic heterocycles. The number of rotatable bonds is 4. The van der Waals surface area contributed by atoms with E-state index in [-0.39, 0.29) is 6.04 Å². The molecule has 0 radical (unpaired) electrons. The number of para-hydroxylation sites is 1. The second-order valence-corrected chi connectivity index (χ2v) is 4.02. The van der Waals surface area contributed by atoms with Crippen LogP contribution < -0.4 is 4.90 Å². The van der Waals surface area contributed by atoms with Gasteiger partial charge in [0.05, 0.1) is 6.04 Å². The van der Waals surface area contributed by atoms with Crippen LogP contribution in [0.3, 0.4) is 0 Å². The molecular formula is C14H15NO2. The first-order valence-electron chi connectivity index (χ1n) is 5.61. The van der Waals surface area contributed by atoms with Gasteiger partial charge in [0.2, 0.25) is 0 Å². The monoisotopic (exact) mass is 229 g/mol. The molecule has 1 aliphatic rings. The second kappa shape index (κ2) is 4.87. The van der Waals surface area contributed by atoms with E-state index in [2.05, 4.69) is 0 Å². The zero-order valence-corrected chi connectivity index (χ0v) is 9.65. The zero-order valence-electron chi connectivity index (χ0n) is 9.65. The fraction of sp³-hybridized carbons (Fsp3) is 0.214. The van der Waals surface area contributed by atoms with E-state index in [9.17, 15) is 9.90 Å². The largest absolute Gasteiger partial charge is 0.480 e. The highest BCUT2D eigenvalue weighted by atomic mass is 16.4. The van der Waals surface area contributed by atoms with Crippen LogP contribution >= 0.6 is 0 Å². The lowest BCUT2D eigenvalue weighted by molar-refractivity contribution is -0.138. The van der Waals surface area contributed by atoms with Gasteiger partial charge >= 0.3 is 5.97 Å². The lowest BCUT2D eigenvalue weighted by Gasteiger charge is -2.32. The standard InChI is InChI=1S/C14H15NO2/c1-11(14(16)17)15(13-9-5-6-10-13)12-7-3-2-4-8-12/h2-11,13H,1H3,(H,16,17)/t11-/m0/s1. The normalized spacial score (nSPS) is 16.1. The lowest BCUT2D eigenvalue weighted by Crippen LogP contribution is -2.44. The van der Waals surface area contributed by atoms with Crippen molar-refractivity contribution in [3.63, 3.8) is 0 Å². The van der Waals surface area contributed by atoms with Gasteiger partial charge in [-0.05, 0) is 19.1 Å². The fourth-order valence-corrected chi connectivity index (χ4v) is 1.98. The molecule has 0 saturated heterocycles. The highest BCUT2D eigenvalue weighted by molar-refractivity contribution is 5.78. The van der Waals surface area contributed by atoms with Crippen molar-refractivity contribution in [1.29, 1.82) is 0 Å². The SMILES string of the molecule is C[C@@H](C(=O)O)N(c1ccccc1)C1C=CC=C1. The van der Waals surface area contributed by atoms with Crippen molar-refractivity contribution < 1.29 is 9.90 Å². The smallest absolute Gasteiger partial charge is 0.326 e. The van der Waals surface area contributed by atoms with Gasteiger partial charge in [-0.1, -0.05) is 42.5 Å². The Morgan fingerprint density at radius 2 is 1.82 bits per heavy atom. The quantitative estimate of drug-likeness (QED) is 0.862. The number of carboxylic acid groups (broad SMARTS) is 1. The van der Waals surface area contributed by atoms with Crippen LogP contribution in [-0.2, 0) is 4.79 Å². The summed E-state index contributed by atoms with van der Waals surface area (Å²) in [6.07, 6.45) is 7.86. The molecule has 0 unspecified atom stereocenters. The zero-order chi connectivity index (χ0) is 12.3. The van der Waals surface area contributed by atoms with Crippen molar-refractivity contribution in [1.82, 2.24) is 0 Å². The van der Waals surface area contributed by atoms with Gasteiger partial charge < -0.3 is 10.0 Å². The van der Waals surface area contributed by atoms with Gasteiger partial charge in [0, 0.05) is 5.69 Å². The molecule has 0 heterocycles. The van der Waals surface area contributed by atoms with Crippen LogP contribution in [-0.4, -0.2) is 23.2 Å². The average Bonchev–Trinajstić information content (AvgIpc) is 2.84. The first-order chi connectivity index (χ1) is 8.20. The van der Waals surface area contributed by atoms with E-state index in [1.165, 1.54) is 0 Å². The first-order valence-corrected chi connectivity index (χ1v) is 5.61. The Morgan fingerprint density at radius 3 is 2.35 bits per heavy atom. The van der Waals surface area contributed by atoms with Gasteiger partial charge in [0.1, 0.15) is 6.04 Å². The molecule has 3 nitrogen and oxygen atoms in total. The molecule has 1 aliphatic carbocycles. The lowest BCUT2D eigenvalue weighted by atomic mass is 10.1. The molecule has 0 aliphatic heterocycles. The number of hydrogen-bond donors (Lipinski definition) is 1. The maximum Gasteiger partial charge on any atom is 0.326 e. The molecule has 0 amide bonds. The Balaban J connectivity index is 2.33. The minimum atomic E-state index is -0.817. The Morgan fingerprint density at radius 1 is 1.24 bits per heavy atom. The Kier molecular flexibility index (Phi) is 3.28. The molecule has 1 N–H and O–H groups in total. The molecule has 3 heteroatoms. The van der Waals surface area contributed by atoms with E-state index >= 15 is 0 Å². The second-order valence-electron chi connectivity index (χ2n) is 4.02. The van der Waals surface area contributed by atoms with Gasteiger partial charge in [0.25, 0.3) is 0 Å². The maximum atomic E-state index is 11.2. The van der Waals surface area contributed by atoms with Gasteiger partial charge in [-0.3, -0.25) is 0 Å². The molecular weight excluding hydrogens is 214 g/mol. The topological polar surface area (TPSA) is 40.5 Å². The summed E-state index contributed by atoms with van der Waals surface area (Å²) in [7, 11) is 0. The summed E-state index contributed by atoms with van der Waals surface area (Å²) in [5, 5.41) is 9.18. The Bertz CT molecular complexity index is 439. The van der Waals surface area contributed by atoms with Gasteiger partial charge in [-0.2, -0.15) is 0 Å². The minimum Gasteiger partial charge on any atom is -0.480 e. The van der Waals surface area contributed by atoms with Crippen LogP contribution in [0, 0.1) is 0 Å². The molecule has 0 spiro atoms. The van der Waals surface area contributed by atoms with Crippen molar-refractivity contribution in [3.05, 3.63) is 54.6 Å². The van der Waals surface area contributed by atoms with Crippen molar-refractivity contribution in [2.45, 2.75) is 19.0 Å². The number of aliphatic carboxylic acids is 1. The van der Waals surface area contributed by atoms with Crippen LogP contribution in [0.1, 0.15) is 6.92 Å². The molecule has 0 fully saturated rings. The predicted molar refractivity (Wildman–Crippen MR) is 68.1 cm³/mol.